The van der Waals surface area contributed by atoms with Crippen LogP contribution in [0.2, 0.25) is 0 Å². The van der Waals surface area contributed by atoms with E-state index in [1.165, 1.54) is 44.1 Å². The van der Waals surface area contributed by atoms with Crippen molar-refractivity contribution < 1.29 is 4.90 Å². The first-order valence-corrected chi connectivity index (χ1v) is 12.0. The van der Waals surface area contributed by atoms with Crippen molar-refractivity contribution in [1.29, 1.82) is 0 Å². The van der Waals surface area contributed by atoms with E-state index in [2.05, 4.69) is 148 Å². The van der Waals surface area contributed by atoms with Crippen molar-refractivity contribution in [2.24, 2.45) is 0 Å². The van der Waals surface area contributed by atoms with Gasteiger partial charge < -0.3 is 14.7 Å². The summed E-state index contributed by atoms with van der Waals surface area (Å²) in [6, 6.07) is 28.9. The number of benzene rings is 3. The number of anilines is 2. The fourth-order valence-electron chi connectivity index (χ4n) is 4.34. The van der Waals surface area contributed by atoms with Crippen LogP contribution in [0.15, 0.2) is 109 Å². The summed E-state index contributed by atoms with van der Waals surface area (Å²) in [5.74, 6) is 0. The maximum atomic E-state index is 2.31. The first-order chi connectivity index (χ1) is 16.4. The summed E-state index contributed by atoms with van der Waals surface area (Å²) in [5.41, 5.74) is 8.71. The minimum atomic E-state index is 0.412. The summed E-state index contributed by atoms with van der Waals surface area (Å²) >= 11 is 0. The van der Waals surface area contributed by atoms with Crippen LogP contribution in [-0.2, 0) is 6.54 Å². The lowest BCUT2D eigenvalue weighted by molar-refractivity contribution is -0.871. The Hall–Kier alpha value is -3.56. The zero-order chi connectivity index (χ0) is 24.1. The summed E-state index contributed by atoms with van der Waals surface area (Å²) in [7, 11) is 10.7. The molecule has 3 aromatic rings. The number of allylic oxidation sites excluding steroid dienone is 3. The molecule has 0 unspecified atom stereocenters. The lowest BCUT2D eigenvalue weighted by Crippen LogP contribution is -3.09. The van der Waals surface area contributed by atoms with Crippen LogP contribution in [0.5, 0.6) is 0 Å². The van der Waals surface area contributed by atoms with Gasteiger partial charge in [0.2, 0.25) is 0 Å². The van der Waals surface area contributed by atoms with Crippen molar-refractivity contribution in [3.8, 4) is 0 Å². The van der Waals surface area contributed by atoms with Gasteiger partial charge in [0.1, 0.15) is 6.04 Å². The molecule has 0 aliphatic heterocycles. The molecule has 0 radical (unpaired) electrons. The summed E-state index contributed by atoms with van der Waals surface area (Å²) in [4.78, 5) is 5.84. The van der Waals surface area contributed by atoms with E-state index in [0.29, 0.717) is 6.04 Å². The molecule has 0 spiro atoms. The molecule has 174 valence electrons. The molecule has 0 atom stereocenters. The Morgan fingerprint density at radius 1 is 0.706 bits per heavy atom. The topological polar surface area (TPSA) is 10.9 Å². The molecular weight excluding hydrogens is 414 g/mol. The predicted octanol–water partition coefficient (Wildman–Crippen LogP) is 4.83. The van der Waals surface area contributed by atoms with Crippen molar-refractivity contribution in [1.82, 2.24) is 0 Å². The minimum Gasteiger partial charge on any atom is -0.378 e. The fourth-order valence-corrected chi connectivity index (χ4v) is 4.34. The summed E-state index contributed by atoms with van der Waals surface area (Å²) in [6.45, 7) is 0.889. The second kappa shape index (κ2) is 10.6. The van der Waals surface area contributed by atoms with Crippen LogP contribution in [0.4, 0.5) is 11.4 Å². The number of hydrogen-bond acceptors (Lipinski definition) is 2. The summed E-state index contributed by atoms with van der Waals surface area (Å²) < 4.78 is 0. The normalized spacial score (nSPS) is 15.0. The first kappa shape index (κ1) is 23.6. The molecule has 1 N–H and O–H groups in total. The van der Waals surface area contributed by atoms with Crippen LogP contribution in [0.1, 0.15) is 16.7 Å². The number of hydrogen-bond donors (Lipinski definition) is 1. The number of nitrogens with zero attached hydrogens (tertiary/aromatic N) is 2. The number of likely N-dealkylation sites (N-methyl/N-ethyl adjacent to an activating group) is 1. The van der Waals surface area contributed by atoms with Crippen molar-refractivity contribution in [3.63, 3.8) is 0 Å². The van der Waals surface area contributed by atoms with E-state index in [9.17, 15) is 0 Å². The van der Waals surface area contributed by atoms with E-state index in [4.69, 9.17) is 0 Å². The second-order valence-corrected chi connectivity index (χ2v) is 9.48. The Morgan fingerprint density at radius 3 is 1.74 bits per heavy atom. The average molecular weight is 451 g/mol. The highest BCUT2D eigenvalue weighted by Gasteiger charge is 2.16. The molecule has 3 aromatic carbocycles. The smallest absolute Gasteiger partial charge is 0.125 e. The third-order valence-corrected chi connectivity index (χ3v) is 6.45. The van der Waals surface area contributed by atoms with Crippen LogP contribution in [0.3, 0.4) is 0 Å². The van der Waals surface area contributed by atoms with Gasteiger partial charge in [0.15, 0.2) is 0 Å². The maximum Gasteiger partial charge on any atom is 0.125 e. The first-order valence-electron chi connectivity index (χ1n) is 12.0. The molecule has 0 saturated carbocycles. The van der Waals surface area contributed by atoms with E-state index in [1.807, 2.05) is 0 Å². The van der Waals surface area contributed by atoms with E-state index in [-0.39, 0.29) is 0 Å². The summed E-state index contributed by atoms with van der Waals surface area (Å²) in [6.07, 6.45) is 9.17. The largest absolute Gasteiger partial charge is 0.378 e. The van der Waals surface area contributed by atoms with Gasteiger partial charge >= 0.3 is 0 Å². The molecule has 0 fully saturated rings. The molecule has 0 heterocycles. The highest BCUT2D eigenvalue weighted by atomic mass is 15.1. The molecule has 3 nitrogen and oxygen atoms in total. The molecule has 3 heteroatoms. The second-order valence-electron chi connectivity index (χ2n) is 9.48. The molecule has 1 aliphatic carbocycles. The molecule has 0 aromatic heterocycles. The number of quaternary nitrogens is 1. The third kappa shape index (κ3) is 5.49. The molecule has 0 saturated heterocycles. The van der Waals surface area contributed by atoms with Gasteiger partial charge in [0, 0.05) is 39.1 Å². The van der Waals surface area contributed by atoms with Crippen LogP contribution in [-0.4, -0.2) is 41.3 Å². The predicted molar refractivity (Wildman–Crippen MR) is 147 cm³/mol. The molecule has 1 aliphatic rings. The number of rotatable bonds is 7. The third-order valence-electron chi connectivity index (χ3n) is 6.45. The highest BCUT2D eigenvalue weighted by molar-refractivity contribution is 5.86. The van der Waals surface area contributed by atoms with Gasteiger partial charge in [-0.2, -0.15) is 0 Å². The monoisotopic (exact) mass is 450 g/mol. The Bertz CT molecular complexity index is 1150. The molecule has 34 heavy (non-hydrogen) atoms. The quantitative estimate of drug-likeness (QED) is 0.553. The van der Waals surface area contributed by atoms with Crippen LogP contribution in [0.25, 0.3) is 5.57 Å². The van der Waals surface area contributed by atoms with E-state index >= 15 is 0 Å². The molecule has 4 rings (SSSR count). The van der Waals surface area contributed by atoms with Crippen LogP contribution in [0, 0.1) is 0 Å². The Morgan fingerprint density at radius 2 is 1.24 bits per heavy atom. The lowest BCUT2D eigenvalue weighted by Gasteiger charge is -2.22. The fraction of sp³-hybridized carbons (Fsp3) is 0.226. The van der Waals surface area contributed by atoms with Gasteiger partial charge in [0.25, 0.3) is 0 Å². The zero-order valence-electron chi connectivity index (χ0n) is 21.0. The van der Waals surface area contributed by atoms with Crippen LogP contribution >= 0.6 is 0 Å². The Balaban J connectivity index is 1.67. The van der Waals surface area contributed by atoms with E-state index in [1.54, 1.807) is 0 Å². The lowest BCUT2D eigenvalue weighted by atomic mass is 9.90. The average Bonchev–Trinajstić information content (AvgIpc) is 2.86. The van der Waals surface area contributed by atoms with Crippen molar-refractivity contribution in [2.45, 2.75) is 12.6 Å². The highest BCUT2D eigenvalue weighted by Crippen LogP contribution is 2.32. The van der Waals surface area contributed by atoms with Gasteiger partial charge in [-0.1, -0.05) is 66.7 Å². The van der Waals surface area contributed by atoms with Gasteiger partial charge in [0.05, 0.1) is 14.1 Å². The SMILES string of the molecule is CN(C)c1ccc(C(=C2C=CC([NH+](C)C)C=C2)c2ccc(N(C)Cc3ccccc3)cc2)cc1. The van der Waals surface area contributed by atoms with E-state index < -0.39 is 0 Å². The standard InChI is InChI=1S/C31H35N3/c1-32(2)28-17-11-25(12-18-28)31(26-13-19-29(20-14-26)33(3)4)27-15-21-30(22-16-27)34(5)23-24-9-7-6-8-10-24/h6-22,28H,23H2,1-5H3/p+1. The van der Waals surface area contributed by atoms with Gasteiger partial charge in [-0.05, 0) is 64.3 Å². The van der Waals surface area contributed by atoms with Gasteiger partial charge in [-0.3, -0.25) is 0 Å². The Labute approximate surface area is 204 Å². The Kier molecular flexibility index (Phi) is 7.34. The maximum absolute atomic E-state index is 2.31. The van der Waals surface area contributed by atoms with Gasteiger partial charge in [-0.25, -0.2) is 0 Å². The van der Waals surface area contributed by atoms with Crippen molar-refractivity contribution >= 4 is 16.9 Å². The van der Waals surface area contributed by atoms with E-state index in [0.717, 1.165) is 6.54 Å². The van der Waals surface area contributed by atoms with Crippen molar-refractivity contribution in [3.05, 3.63) is 125 Å². The zero-order valence-corrected chi connectivity index (χ0v) is 21.0. The van der Waals surface area contributed by atoms with Crippen LogP contribution < -0.4 is 14.7 Å². The minimum absolute atomic E-state index is 0.412. The molecular formula is C31H36N3+. The van der Waals surface area contributed by atoms with Gasteiger partial charge in [-0.15, -0.1) is 0 Å². The van der Waals surface area contributed by atoms with Crippen molar-refractivity contribution in [2.75, 3.05) is 45.0 Å². The molecule has 0 amide bonds. The molecule has 0 bridgehead atoms. The summed E-state index contributed by atoms with van der Waals surface area (Å²) in [5, 5.41) is 0. The number of nitrogens with one attached hydrogen (secondary N) is 1.